The van der Waals surface area contributed by atoms with Gasteiger partial charge >= 0.3 is 0 Å². The summed E-state index contributed by atoms with van der Waals surface area (Å²) >= 11 is 0. The molecule has 0 amide bonds. The second-order valence-electron chi connectivity index (χ2n) is 26.3. The monoisotopic (exact) mass is 1220 g/mol. The van der Waals surface area contributed by atoms with Gasteiger partial charge < -0.3 is 27.4 Å². The lowest BCUT2D eigenvalue weighted by atomic mass is 9.89. The standard InChI is InChI=1S/C90H52N6/c1-5-23-53(24-6-1)81-83-67-37-21-35-65-70-48-58(92(56-29-11-4-12-30-56)60-51-73-63-33-15-19-41-77(63)94-78-42-20-16-34-64(78)74(52-60)88(73)94)44-46-80(70)96(85(65)67)90(83)82(54-25-7-2-8-26-54)84-68-38-22-36-66-69-47-57(43-45-79(69)95(86(66)68)89(81)84)91(55-27-9-3-10-28-55)59-49-71-61-31-13-17-39-75(61)93-76-40-18-14-32-62(76)72(50-59)87(71)93/h1-52H. The van der Waals surface area contributed by atoms with E-state index in [9.17, 15) is 0 Å². The zero-order valence-corrected chi connectivity index (χ0v) is 51.7. The number of para-hydroxylation sites is 8. The highest BCUT2D eigenvalue weighted by Gasteiger charge is 2.32. The van der Waals surface area contributed by atoms with Crippen LogP contribution in [-0.4, -0.2) is 17.6 Å². The smallest absolute Gasteiger partial charge is 0.0634 e. The highest BCUT2D eigenvalue weighted by Crippen LogP contribution is 2.56. The Morgan fingerprint density at radius 2 is 0.448 bits per heavy atom. The van der Waals surface area contributed by atoms with Crippen LogP contribution in [0, 0.1) is 0 Å². The Kier molecular flexibility index (Phi) is 9.74. The molecule has 6 nitrogen and oxygen atoms in total. The van der Waals surface area contributed by atoms with Crippen molar-refractivity contribution in [1.82, 2.24) is 17.6 Å². The van der Waals surface area contributed by atoms with Crippen LogP contribution in [0.4, 0.5) is 34.1 Å². The highest BCUT2D eigenvalue weighted by molar-refractivity contribution is 6.38. The molecule has 23 rings (SSSR count). The molecule has 0 saturated carbocycles. The van der Waals surface area contributed by atoms with Crippen molar-refractivity contribution in [3.8, 4) is 22.3 Å². The Balaban J connectivity index is 0.793. The van der Waals surface area contributed by atoms with E-state index in [1.54, 1.807) is 0 Å². The predicted octanol–water partition coefficient (Wildman–Crippen LogP) is 24.6. The first-order valence-electron chi connectivity index (χ1n) is 33.3. The predicted molar refractivity (Wildman–Crippen MR) is 405 cm³/mol. The van der Waals surface area contributed by atoms with Crippen molar-refractivity contribution >= 4 is 187 Å². The minimum atomic E-state index is 1.10. The maximum Gasteiger partial charge on any atom is 0.0634 e. The summed E-state index contributed by atoms with van der Waals surface area (Å²) in [7, 11) is 0. The summed E-state index contributed by atoms with van der Waals surface area (Å²) in [5, 5.41) is 19.9. The molecule has 8 heterocycles. The molecule has 23 aromatic rings. The Bertz CT molecular complexity index is 6580. The van der Waals surface area contributed by atoms with Crippen molar-refractivity contribution in [1.29, 1.82) is 0 Å². The normalized spacial score (nSPS) is 12.6. The molecule has 0 aliphatic heterocycles. The minimum absolute atomic E-state index is 1.10. The van der Waals surface area contributed by atoms with E-state index in [-0.39, 0.29) is 0 Å². The number of fused-ring (bicyclic) bond motifs is 24. The maximum absolute atomic E-state index is 2.63. The third-order valence-electron chi connectivity index (χ3n) is 21.5. The Morgan fingerprint density at radius 1 is 0.167 bits per heavy atom. The van der Waals surface area contributed by atoms with Crippen LogP contribution in [-0.2, 0) is 0 Å². The van der Waals surface area contributed by atoms with E-state index in [1.807, 2.05) is 0 Å². The van der Waals surface area contributed by atoms with Gasteiger partial charge in [-0.3, -0.25) is 0 Å². The lowest BCUT2D eigenvalue weighted by Gasteiger charge is -2.26. The van der Waals surface area contributed by atoms with Crippen molar-refractivity contribution in [2.75, 3.05) is 9.80 Å². The summed E-state index contributed by atoms with van der Waals surface area (Å²) < 4.78 is 10.2. The Labute approximate surface area is 548 Å². The average molecular weight is 1220 g/mol. The van der Waals surface area contributed by atoms with Crippen molar-refractivity contribution in [2.45, 2.75) is 0 Å². The molecule has 96 heavy (non-hydrogen) atoms. The first-order chi connectivity index (χ1) is 47.7. The zero-order valence-electron chi connectivity index (χ0n) is 51.7. The van der Waals surface area contributed by atoms with Gasteiger partial charge in [-0.2, -0.15) is 0 Å². The van der Waals surface area contributed by atoms with Crippen LogP contribution in [0.2, 0.25) is 0 Å². The number of anilines is 6. The Hall–Kier alpha value is -12.9. The van der Waals surface area contributed by atoms with Crippen molar-refractivity contribution in [2.24, 2.45) is 0 Å². The third-order valence-corrected chi connectivity index (χ3v) is 21.5. The molecule has 0 unspecified atom stereocenters. The van der Waals surface area contributed by atoms with Gasteiger partial charge in [0, 0.05) is 131 Å². The van der Waals surface area contributed by atoms with E-state index >= 15 is 0 Å². The van der Waals surface area contributed by atoms with Gasteiger partial charge in [0.05, 0.1) is 66.2 Å². The van der Waals surface area contributed by atoms with Gasteiger partial charge in [-0.25, -0.2) is 0 Å². The molecule has 0 bridgehead atoms. The molecule has 0 spiro atoms. The molecule has 0 radical (unpaired) electrons. The second-order valence-corrected chi connectivity index (χ2v) is 26.3. The third kappa shape index (κ3) is 6.40. The molecule has 6 heteroatoms. The van der Waals surface area contributed by atoms with Gasteiger partial charge in [0.15, 0.2) is 0 Å². The Morgan fingerprint density at radius 3 is 0.812 bits per heavy atom. The van der Waals surface area contributed by atoms with E-state index in [4.69, 9.17) is 0 Å². The highest BCUT2D eigenvalue weighted by atomic mass is 15.2. The van der Waals surface area contributed by atoms with E-state index in [1.165, 1.54) is 175 Å². The first-order valence-corrected chi connectivity index (χ1v) is 33.3. The second kappa shape index (κ2) is 18.4. The van der Waals surface area contributed by atoms with Gasteiger partial charge in [-0.05, 0) is 120 Å². The number of nitrogens with zero attached hydrogens (tertiary/aromatic N) is 6. The zero-order chi connectivity index (χ0) is 62.2. The minimum Gasteiger partial charge on any atom is -0.310 e. The molecule has 0 aliphatic rings. The van der Waals surface area contributed by atoms with Crippen LogP contribution in [0.5, 0.6) is 0 Å². The molecule has 0 N–H and O–H groups in total. The largest absolute Gasteiger partial charge is 0.310 e. The summed E-state index contributed by atoms with van der Waals surface area (Å²) in [6, 6.07) is 118. The van der Waals surface area contributed by atoms with Crippen molar-refractivity contribution in [3.63, 3.8) is 0 Å². The van der Waals surface area contributed by atoms with Crippen LogP contribution in [0.1, 0.15) is 0 Å². The molecular formula is C90H52N6. The number of rotatable bonds is 8. The molecular weight excluding hydrogens is 1170 g/mol. The molecule has 0 atom stereocenters. The quantitative estimate of drug-likeness (QED) is 0.151. The molecule has 442 valence electrons. The first kappa shape index (κ1) is 50.7. The SMILES string of the molecule is c1ccc(-c2c3c4cccc5c6cc(N(c7ccccc7)c7cc8c9ccccc9n9c%10ccccc%10c(c7)c89)ccc6n(c3c(-c3ccccc3)c3c6cccc7c8cc(N(c9ccccc9)c9cc%10c%11ccccc%11n%11c%12ccccc%12c(c9)c%10%11)ccc8n(c23)c76)c54)cc1. The fraction of sp³-hybridized carbons (Fsp3) is 0. The van der Waals surface area contributed by atoms with E-state index in [0.29, 0.717) is 0 Å². The lowest BCUT2D eigenvalue weighted by Crippen LogP contribution is -2.09. The molecule has 0 aliphatic carbocycles. The number of benzene rings is 15. The average Bonchev–Trinajstić information content (AvgIpc) is 1.50. The van der Waals surface area contributed by atoms with Crippen molar-refractivity contribution in [3.05, 3.63) is 315 Å². The summed E-state index contributed by atoms with van der Waals surface area (Å²) in [6.45, 7) is 0. The maximum atomic E-state index is 2.63. The van der Waals surface area contributed by atoms with E-state index in [0.717, 1.165) is 34.1 Å². The summed E-state index contributed by atoms with van der Waals surface area (Å²) in [5.41, 5.74) is 26.2. The van der Waals surface area contributed by atoms with Gasteiger partial charge in [0.2, 0.25) is 0 Å². The lowest BCUT2D eigenvalue weighted by molar-refractivity contribution is 1.29. The van der Waals surface area contributed by atoms with Crippen LogP contribution in [0.25, 0.3) is 175 Å². The summed E-state index contributed by atoms with van der Waals surface area (Å²) in [4.78, 5) is 4.94. The molecule has 8 aromatic heterocycles. The van der Waals surface area contributed by atoms with Gasteiger partial charge in [-0.1, -0.05) is 206 Å². The van der Waals surface area contributed by atoms with Crippen LogP contribution in [0.3, 0.4) is 0 Å². The van der Waals surface area contributed by atoms with Crippen LogP contribution >= 0.6 is 0 Å². The summed E-state index contributed by atoms with van der Waals surface area (Å²) in [6.07, 6.45) is 0. The fourth-order valence-corrected chi connectivity index (χ4v) is 17.9. The molecule has 15 aromatic carbocycles. The number of aromatic nitrogens is 4. The van der Waals surface area contributed by atoms with E-state index in [2.05, 4.69) is 343 Å². The summed E-state index contributed by atoms with van der Waals surface area (Å²) in [5.74, 6) is 0. The molecule has 0 saturated heterocycles. The van der Waals surface area contributed by atoms with Crippen LogP contribution < -0.4 is 9.80 Å². The number of hydrogen-bond acceptors (Lipinski definition) is 2. The van der Waals surface area contributed by atoms with E-state index < -0.39 is 0 Å². The van der Waals surface area contributed by atoms with Gasteiger partial charge in [0.25, 0.3) is 0 Å². The van der Waals surface area contributed by atoms with Gasteiger partial charge in [0.1, 0.15) is 0 Å². The number of hydrogen-bond donors (Lipinski definition) is 0. The topological polar surface area (TPSA) is 24.1 Å². The molecule has 0 fully saturated rings. The van der Waals surface area contributed by atoms with Gasteiger partial charge in [-0.15, -0.1) is 0 Å². The van der Waals surface area contributed by atoms with Crippen molar-refractivity contribution < 1.29 is 0 Å². The fourth-order valence-electron chi connectivity index (χ4n) is 17.9. The van der Waals surface area contributed by atoms with Crippen LogP contribution in [0.15, 0.2) is 315 Å².